The Hall–Kier alpha value is -1.87. The van der Waals surface area contributed by atoms with Crippen LogP contribution in [0, 0.1) is 6.92 Å². The second-order valence-corrected chi connectivity index (χ2v) is 4.31. The van der Waals surface area contributed by atoms with E-state index in [9.17, 15) is 0 Å². The molecule has 0 saturated heterocycles. The molecule has 18 heavy (non-hydrogen) atoms. The van der Waals surface area contributed by atoms with Gasteiger partial charge in [0.15, 0.2) is 0 Å². The summed E-state index contributed by atoms with van der Waals surface area (Å²) in [5.74, 6) is 0.927. The molecule has 0 spiro atoms. The number of hydrogen-bond acceptors (Lipinski definition) is 3. The SMILES string of the molecule is CNCc1ccc(NCc2ccccc2)nc1C. The minimum Gasteiger partial charge on any atom is -0.366 e. The van der Waals surface area contributed by atoms with Crippen molar-refractivity contribution in [3.63, 3.8) is 0 Å². The fourth-order valence-corrected chi connectivity index (χ4v) is 1.85. The second-order valence-electron chi connectivity index (χ2n) is 4.31. The Morgan fingerprint density at radius 3 is 2.44 bits per heavy atom. The van der Waals surface area contributed by atoms with Crippen LogP contribution in [-0.4, -0.2) is 12.0 Å². The molecule has 3 nitrogen and oxygen atoms in total. The van der Waals surface area contributed by atoms with Crippen LogP contribution in [0.2, 0.25) is 0 Å². The van der Waals surface area contributed by atoms with E-state index < -0.39 is 0 Å². The Morgan fingerprint density at radius 2 is 1.78 bits per heavy atom. The van der Waals surface area contributed by atoms with Gasteiger partial charge >= 0.3 is 0 Å². The molecule has 0 aliphatic heterocycles. The van der Waals surface area contributed by atoms with Gasteiger partial charge in [-0.05, 0) is 31.2 Å². The molecule has 1 aromatic heterocycles. The van der Waals surface area contributed by atoms with Gasteiger partial charge in [0.2, 0.25) is 0 Å². The van der Waals surface area contributed by atoms with E-state index in [1.165, 1.54) is 11.1 Å². The largest absolute Gasteiger partial charge is 0.366 e. The molecule has 2 rings (SSSR count). The zero-order valence-corrected chi connectivity index (χ0v) is 10.9. The van der Waals surface area contributed by atoms with Crippen LogP contribution in [0.5, 0.6) is 0 Å². The van der Waals surface area contributed by atoms with Crippen molar-refractivity contribution in [1.29, 1.82) is 0 Å². The van der Waals surface area contributed by atoms with Gasteiger partial charge in [-0.1, -0.05) is 36.4 Å². The maximum absolute atomic E-state index is 4.56. The summed E-state index contributed by atoms with van der Waals surface area (Å²) >= 11 is 0. The predicted octanol–water partition coefficient (Wildman–Crippen LogP) is 2.72. The topological polar surface area (TPSA) is 37.0 Å². The van der Waals surface area contributed by atoms with Crippen molar-refractivity contribution in [2.75, 3.05) is 12.4 Å². The van der Waals surface area contributed by atoms with E-state index in [-0.39, 0.29) is 0 Å². The smallest absolute Gasteiger partial charge is 0.126 e. The van der Waals surface area contributed by atoms with Crippen LogP contribution in [-0.2, 0) is 13.1 Å². The highest BCUT2D eigenvalue weighted by molar-refractivity contribution is 5.39. The number of rotatable bonds is 5. The third kappa shape index (κ3) is 3.31. The van der Waals surface area contributed by atoms with E-state index in [0.29, 0.717) is 0 Å². The Morgan fingerprint density at radius 1 is 1.00 bits per heavy atom. The number of nitrogens with one attached hydrogen (secondary N) is 2. The molecule has 0 unspecified atom stereocenters. The maximum Gasteiger partial charge on any atom is 0.126 e. The van der Waals surface area contributed by atoms with Gasteiger partial charge in [-0.2, -0.15) is 0 Å². The Bertz CT molecular complexity index is 494. The molecule has 0 fully saturated rings. The number of pyridine rings is 1. The van der Waals surface area contributed by atoms with Crippen molar-refractivity contribution in [2.45, 2.75) is 20.0 Å². The first-order valence-corrected chi connectivity index (χ1v) is 6.18. The number of aromatic nitrogens is 1. The molecule has 0 radical (unpaired) electrons. The lowest BCUT2D eigenvalue weighted by Crippen LogP contribution is -2.09. The molecule has 3 heteroatoms. The van der Waals surface area contributed by atoms with Crippen molar-refractivity contribution in [3.8, 4) is 0 Å². The Balaban J connectivity index is 2.00. The second kappa shape index (κ2) is 6.17. The molecule has 0 aliphatic carbocycles. The third-order valence-electron chi connectivity index (χ3n) is 2.88. The molecule has 94 valence electrons. The van der Waals surface area contributed by atoms with E-state index in [1.807, 2.05) is 38.2 Å². The Kier molecular flexibility index (Phi) is 4.31. The quantitative estimate of drug-likeness (QED) is 0.845. The van der Waals surface area contributed by atoms with Crippen molar-refractivity contribution in [3.05, 3.63) is 59.3 Å². The normalized spacial score (nSPS) is 10.3. The number of aryl methyl sites for hydroxylation is 1. The van der Waals surface area contributed by atoms with Gasteiger partial charge in [-0.3, -0.25) is 0 Å². The standard InChI is InChI=1S/C15H19N3/c1-12-14(11-16-2)8-9-15(18-12)17-10-13-6-4-3-5-7-13/h3-9,16H,10-11H2,1-2H3,(H,17,18). The summed E-state index contributed by atoms with van der Waals surface area (Å²) in [6.45, 7) is 3.71. The van der Waals surface area contributed by atoms with Crippen molar-refractivity contribution >= 4 is 5.82 Å². The molecule has 0 aliphatic rings. The molecule has 2 aromatic rings. The first kappa shape index (κ1) is 12.6. The lowest BCUT2D eigenvalue weighted by Gasteiger charge is -2.09. The molecule has 0 atom stereocenters. The number of benzene rings is 1. The van der Waals surface area contributed by atoms with Gasteiger partial charge in [0, 0.05) is 18.8 Å². The summed E-state index contributed by atoms with van der Waals surface area (Å²) < 4.78 is 0. The lowest BCUT2D eigenvalue weighted by molar-refractivity contribution is 0.804. The van der Waals surface area contributed by atoms with Crippen LogP contribution in [0.15, 0.2) is 42.5 Å². The van der Waals surface area contributed by atoms with E-state index in [2.05, 4.69) is 33.8 Å². The summed E-state index contributed by atoms with van der Waals surface area (Å²) in [6, 6.07) is 14.5. The minimum absolute atomic E-state index is 0.804. The predicted molar refractivity (Wildman–Crippen MR) is 75.5 cm³/mol. The molecule has 0 amide bonds. The van der Waals surface area contributed by atoms with Crippen molar-refractivity contribution in [1.82, 2.24) is 10.3 Å². The molecule has 1 aromatic carbocycles. The van der Waals surface area contributed by atoms with Crippen LogP contribution >= 0.6 is 0 Å². The summed E-state index contributed by atoms with van der Waals surface area (Å²) in [5.41, 5.74) is 3.57. The zero-order chi connectivity index (χ0) is 12.8. The van der Waals surface area contributed by atoms with Crippen LogP contribution < -0.4 is 10.6 Å². The van der Waals surface area contributed by atoms with Crippen molar-refractivity contribution < 1.29 is 0 Å². The van der Waals surface area contributed by atoms with Crippen molar-refractivity contribution in [2.24, 2.45) is 0 Å². The first-order chi connectivity index (χ1) is 8.79. The summed E-state index contributed by atoms with van der Waals surface area (Å²) in [5, 5.41) is 6.48. The molecule has 0 bridgehead atoms. The van der Waals surface area contributed by atoms with E-state index in [1.54, 1.807) is 0 Å². The highest BCUT2D eigenvalue weighted by Crippen LogP contribution is 2.11. The van der Waals surface area contributed by atoms with E-state index in [4.69, 9.17) is 0 Å². The van der Waals surface area contributed by atoms with Gasteiger partial charge in [0.25, 0.3) is 0 Å². The first-order valence-electron chi connectivity index (χ1n) is 6.18. The van der Waals surface area contributed by atoms with Crippen LogP contribution in [0.25, 0.3) is 0 Å². The molecule has 2 N–H and O–H groups in total. The summed E-state index contributed by atoms with van der Waals surface area (Å²) in [4.78, 5) is 4.56. The molecule has 0 saturated carbocycles. The van der Waals surface area contributed by atoms with Gasteiger partial charge in [-0.15, -0.1) is 0 Å². The number of nitrogens with zero attached hydrogens (tertiary/aromatic N) is 1. The summed E-state index contributed by atoms with van der Waals surface area (Å²) in [6.07, 6.45) is 0. The monoisotopic (exact) mass is 241 g/mol. The average molecular weight is 241 g/mol. The fourth-order valence-electron chi connectivity index (χ4n) is 1.85. The van der Waals surface area contributed by atoms with Crippen LogP contribution in [0.4, 0.5) is 5.82 Å². The van der Waals surface area contributed by atoms with Gasteiger partial charge in [-0.25, -0.2) is 4.98 Å². The van der Waals surface area contributed by atoms with Gasteiger partial charge in [0.05, 0.1) is 0 Å². The van der Waals surface area contributed by atoms with Crippen LogP contribution in [0.3, 0.4) is 0 Å². The molecule has 1 heterocycles. The molecular weight excluding hydrogens is 222 g/mol. The van der Waals surface area contributed by atoms with E-state index >= 15 is 0 Å². The highest BCUT2D eigenvalue weighted by Gasteiger charge is 2.00. The van der Waals surface area contributed by atoms with Crippen LogP contribution in [0.1, 0.15) is 16.8 Å². The molecular formula is C15H19N3. The maximum atomic E-state index is 4.56. The van der Waals surface area contributed by atoms with E-state index in [0.717, 1.165) is 24.6 Å². The lowest BCUT2D eigenvalue weighted by atomic mass is 10.2. The van der Waals surface area contributed by atoms with Gasteiger partial charge in [0.1, 0.15) is 5.82 Å². The number of anilines is 1. The van der Waals surface area contributed by atoms with Gasteiger partial charge < -0.3 is 10.6 Å². The summed E-state index contributed by atoms with van der Waals surface area (Å²) in [7, 11) is 1.95. The third-order valence-corrected chi connectivity index (χ3v) is 2.88. The Labute approximate surface area is 108 Å². The zero-order valence-electron chi connectivity index (χ0n) is 10.9. The fraction of sp³-hybridized carbons (Fsp3) is 0.267. The number of hydrogen-bond donors (Lipinski definition) is 2. The minimum atomic E-state index is 0.804. The highest BCUT2D eigenvalue weighted by atomic mass is 15.0. The average Bonchev–Trinajstić information content (AvgIpc) is 2.41.